The van der Waals surface area contributed by atoms with E-state index in [0.29, 0.717) is 10.3 Å². The molecule has 0 aromatic heterocycles. The van der Waals surface area contributed by atoms with Gasteiger partial charge in [0.2, 0.25) is 5.91 Å². The van der Waals surface area contributed by atoms with Crippen LogP contribution < -0.4 is 5.32 Å². The van der Waals surface area contributed by atoms with E-state index in [1.165, 1.54) is 19.3 Å². The molecule has 2 saturated carbocycles. The molecule has 3 fully saturated rings. The molecule has 0 bridgehead atoms. The summed E-state index contributed by atoms with van der Waals surface area (Å²) in [5.74, 6) is -0.0213. The zero-order valence-electron chi connectivity index (χ0n) is 16.0. The van der Waals surface area contributed by atoms with Gasteiger partial charge in [0.25, 0.3) is 5.91 Å². The van der Waals surface area contributed by atoms with Crippen LogP contribution in [0.4, 0.5) is 0 Å². The first-order valence-corrected chi connectivity index (χ1v) is 11.6. The molecule has 1 aromatic rings. The topological polar surface area (TPSA) is 49.4 Å². The largest absolute Gasteiger partial charge is 0.352 e. The average Bonchev–Trinajstić information content (AvgIpc) is 3.19. The number of hydrogen-bond acceptors (Lipinski definition) is 3. The normalized spacial score (nSPS) is 27.1. The lowest BCUT2D eigenvalue weighted by Gasteiger charge is -2.44. The Hall–Kier alpha value is -1.46. The van der Waals surface area contributed by atoms with Gasteiger partial charge in [-0.2, -0.15) is 0 Å². The van der Waals surface area contributed by atoms with Crippen LogP contribution in [0.1, 0.15) is 56.9 Å². The van der Waals surface area contributed by atoms with E-state index in [0.717, 1.165) is 42.6 Å². The minimum Gasteiger partial charge on any atom is -0.352 e. The monoisotopic (exact) mass is 418 g/mol. The van der Waals surface area contributed by atoms with Crippen LogP contribution in [0.15, 0.2) is 29.2 Å². The molecule has 6 heteroatoms. The van der Waals surface area contributed by atoms with Gasteiger partial charge in [-0.3, -0.25) is 9.59 Å². The average molecular weight is 419 g/mol. The Morgan fingerprint density at radius 3 is 2.54 bits per heavy atom. The number of carbonyl (C=O) groups is 2. The molecule has 4 nitrogen and oxygen atoms in total. The first-order valence-electron chi connectivity index (χ1n) is 10.3. The number of nitrogens with one attached hydrogen (secondary N) is 1. The third-order valence-corrected chi connectivity index (χ3v) is 7.67. The highest BCUT2D eigenvalue weighted by molar-refractivity contribution is 8.04. The van der Waals surface area contributed by atoms with Crippen LogP contribution in [-0.2, 0) is 9.59 Å². The summed E-state index contributed by atoms with van der Waals surface area (Å²) in [6.45, 7) is 0.176. The van der Waals surface area contributed by atoms with Gasteiger partial charge < -0.3 is 10.2 Å². The summed E-state index contributed by atoms with van der Waals surface area (Å²) in [6, 6.07) is 7.97. The van der Waals surface area contributed by atoms with Gasteiger partial charge >= 0.3 is 0 Å². The molecular formula is C22H27ClN2O2S. The van der Waals surface area contributed by atoms with E-state index >= 15 is 0 Å². The third-order valence-electron chi connectivity index (χ3n) is 6.02. The van der Waals surface area contributed by atoms with Crippen molar-refractivity contribution in [1.82, 2.24) is 10.2 Å². The van der Waals surface area contributed by atoms with E-state index in [1.54, 1.807) is 11.8 Å². The summed E-state index contributed by atoms with van der Waals surface area (Å²) in [7, 11) is 0. The minimum atomic E-state index is -0.0117. The molecule has 0 radical (unpaired) electrons. The number of halogens is 1. The van der Waals surface area contributed by atoms with Gasteiger partial charge in [-0.25, -0.2) is 0 Å². The molecule has 4 rings (SSSR count). The molecule has 2 amide bonds. The van der Waals surface area contributed by atoms with E-state index in [1.807, 2.05) is 35.2 Å². The van der Waals surface area contributed by atoms with Gasteiger partial charge in [0, 0.05) is 22.4 Å². The summed E-state index contributed by atoms with van der Waals surface area (Å²) >= 11 is 7.67. The molecule has 150 valence electrons. The van der Waals surface area contributed by atoms with Crippen LogP contribution in [0.5, 0.6) is 0 Å². The maximum Gasteiger partial charge on any atom is 0.261 e. The Morgan fingerprint density at radius 2 is 1.79 bits per heavy atom. The van der Waals surface area contributed by atoms with Crippen molar-refractivity contribution in [2.75, 3.05) is 6.54 Å². The SMILES string of the molecule is O=C(CN1C(=O)/C(=C\c2ccc(Cl)cc2)SC2CCCCC21)NC1CCCC1. The van der Waals surface area contributed by atoms with Crippen molar-refractivity contribution in [2.45, 2.75) is 68.7 Å². The van der Waals surface area contributed by atoms with Crippen molar-refractivity contribution in [2.24, 2.45) is 0 Å². The van der Waals surface area contributed by atoms with E-state index in [4.69, 9.17) is 11.6 Å². The van der Waals surface area contributed by atoms with Crippen LogP contribution in [0.25, 0.3) is 6.08 Å². The molecule has 1 N–H and O–H groups in total. The van der Waals surface area contributed by atoms with Gasteiger partial charge in [-0.1, -0.05) is 49.4 Å². The number of hydrogen-bond donors (Lipinski definition) is 1. The van der Waals surface area contributed by atoms with Crippen molar-refractivity contribution in [3.05, 3.63) is 39.8 Å². The fraction of sp³-hybridized carbons (Fsp3) is 0.545. The number of fused-ring (bicyclic) bond motifs is 1. The van der Waals surface area contributed by atoms with Gasteiger partial charge in [0.1, 0.15) is 6.54 Å². The van der Waals surface area contributed by atoms with Gasteiger partial charge in [0.05, 0.1) is 4.91 Å². The third kappa shape index (κ3) is 4.57. The Balaban J connectivity index is 1.52. The van der Waals surface area contributed by atoms with E-state index in [2.05, 4.69) is 5.32 Å². The number of amides is 2. The number of nitrogens with zero attached hydrogens (tertiary/aromatic N) is 1. The molecular weight excluding hydrogens is 392 g/mol. The smallest absolute Gasteiger partial charge is 0.261 e. The van der Waals surface area contributed by atoms with E-state index in [-0.39, 0.29) is 30.4 Å². The van der Waals surface area contributed by atoms with Crippen LogP contribution in [0.2, 0.25) is 5.02 Å². The first-order chi connectivity index (χ1) is 13.6. The Labute approximate surface area is 176 Å². The lowest BCUT2D eigenvalue weighted by molar-refractivity contribution is -0.135. The van der Waals surface area contributed by atoms with Gasteiger partial charge in [-0.15, -0.1) is 11.8 Å². The van der Waals surface area contributed by atoms with Crippen LogP contribution in [0, 0.1) is 0 Å². The quantitative estimate of drug-likeness (QED) is 0.725. The highest BCUT2D eigenvalue weighted by Gasteiger charge is 2.41. The highest BCUT2D eigenvalue weighted by Crippen LogP contribution is 2.42. The number of rotatable bonds is 4. The maximum atomic E-state index is 13.3. The molecule has 3 aliphatic rings. The molecule has 2 aliphatic carbocycles. The molecule has 1 saturated heterocycles. The van der Waals surface area contributed by atoms with Crippen molar-refractivity contribution in [3.63, 3.8) is 0 Å². The second-order valence-corrected chi connectivity index (χ2v) is 9.77. The second kappa shape index (κ2) is 8.91. The van der Waals surface area contributed by atoms with Crippen molar-refractivity contribution < 1.29 is 9.59 Å². The number of benzene rings is 1. The van der Waals surface area contributed by atoms with Crippen LogP contribution in [-0.4, -0.2) is 40.6 Å². The lowest BCUT2D eigenvalue weighted by Crippen LogP contribution is -2.55. The predicted octanol–water partition coefficient (Wildman–Crippen LogP) is 4.63. The van der Waals surface area contributed by atoms with Crippen LogP contribution >= 0.6 is 23.4 Å². The first kappa shape index (κ1) is 19.8. The molecule has 0 spiro atoms. The number of thioether (sulfide) groups is 1. The fourth-order valence-electron chi connectivity index (χ4n) is 4.57. The molecule has 1 heterocycles. The molecule has 28 heavy (non-hydrogen) atoms. The Morgan fingerprint density at radius 1 is 1.11 bits per heavy atom. The molecule has 1 aliphatic heterocycles. The summed E-state index contributed by atoms with van der Waals surface area (Å²) in [5, 5.41) is 4.20. The standard InChI is InChI=1S/C22H27ClN2O2S/c23-16-11-9-15(10-12-16)13-20-22(27)25(18-7-3-4-8-19(18)28-20)14-21(26)24-17-5-1-2-6-17/h9-13,17-19H,1-8,14H2,(H,24,26)/b20-13+. The zero-order valence-corrected chi connectivity index (χ0v) is 17.6. The highest BCUT2D eigenvalue weighted by atomic mass is 35.5. The summed E-state index contributed by atoms with van der Waals surface area (Å²) < 4.78 is 0. The van der Waals surface area contributed by atoms with E-state index in [9.17, 15) is 9.59 Å². The van der Waals surface area contributed by atoms with E-state index < -0.39 is 0 Å². The lowest BCUT2D eigenvalue weighted by atomic mass is 9.93. The Bertz CT molecular complexity index is 758. The Kier molecular flexibility index (Phi) is 6.32. The summed E-state index contributed by atoms with van der Waals surface area (Å²) in [6.07, 6.45) is 10.8. The fourth-order valence-corrected chi connectivity index (χ4v) is 6.17. The molecule has 1 aromatic carbocycles. The van der Waals surface area contributed by atoms with Crippen molar-refractivity contribution >= 4 is 41.3 Å². The summed E-state index contributed by atoms with van der Waals surface area (Å²) in [4.78, 5) is 28.5. The predicted molar refractivity (Wildman–Crippen MR) is 115 cm³/mol. The van der Waals surface area contributed by atoms with Gasteiger partial charge in [0.15, 0.2) is 0 Å². The summed E-state index contributed by atoms with van der Waals surface area (Å²) in [5.41, 5.74) is 0.963. The second-order valence-electron chi connectivity index (χ2n) is 8.05. The van der Waals surface area contributed by atoms with Gasteiger partial charge in [-0.05, 0) is 49.5 Å². The molecule has 2 atom stereocenters. The minimum absolute atomic E-state index is 0.00956. The van der Waals surface area contributed by atoms with Crippen molar-refractivity contribution in [3.8, 4) is 0 Å². The van der Waals surface area contributed by atoms with Crippen LogP contribution in [0.3, 0.4) is 0 Å². The maximum absolute atomic E-state index is 13.3. The molecule has 2 unspecified atom stereocenters. The zero-order chi connectivity index (χ0) is 19.5. The number of carbonyl (C=O) groups excluding carboxylic acids is 2. The van der Waals surface area contributed by atoms with Crippen molar-refractivity contribution in [1.29, 1.82) is 0 Å².